The zero-order valence-corrected chi connectivity index (χ0v) is 14.7. The van der Waals surface area contributed by atoms with Crippen LogP contribution in [0.15, 0.2) is 58.3 Å². The van der Waals surface area contributed by atoms with Gasteiger partial charge in [0.1, 0.15) is 0 Å². The molecule has 0 saturated carbocycles. The number of amides is 1. The first-order valence-corrected chi connectivity index (χ1v) is 9.80. The van der Waals surface area contributed by atoms with Gasteiger partial charge in [0, 0.05) is 21.6 Å². The van der Waals surface area contributed by atoms with Crippen molar-refractivity contribution in [2.75, 3.05) is 11.4 Å². The van der Waals surface area contributed by atoms with Crippen LogP contribution in [0.25, 0.3) is 0 Å². The standard InChI is InChI=1S/C19H19NOS2/c1-13-10-11-20(15-7-3-5-9-17(15)22-13)19(21)18-12-14-6-2-4-8-16(14)23-18/h2-9,13,18H,10-12H2,1H3. The Hall–Kier alpha value is -1.39. The van der Waals surface area contributed by atoms with Crippen molar-refractivity contribution in [2.24, 2.45) is 0 Å². The fourth-order valence-electron chi connectivity index (χ4n) is 3.21. The van der Waals surface area contributed by atoms with Crippen molar-refractivity contribution in [1.29, 1.82) is 0 Å². The van der Waals surface area contributed by atoms with E-state index in [0.29, 0.717) is 5.25 Å². The van der Waals surface area contributed by atoms with Gasteiger partial charge in [-0.2, -0.15) is 0 Å². The highest BCUT2D eigenvalue weighted by atomic mass is 32.2. The molecule has 2 heterocycles. The monoisotopic (exact) mass is 341 g/mol. The summed E-state index contributed by atoms with van der Waals surface area (Å²) in [6.07, 6.45) is 1.89. The molecule has 0 N–H and O–H groups in total. The highest BCUT2D eigenvalue weighted by molar-refractivity contribution is 8.01. The molecular formula is C19H19NOS2. The van der Waals surface area contributed by atoms with Crippen molar-refractivity contribution < 1.29 is 4.79 Å². The second-order valence-corrected chi connectivity index (χ2v) is 8.82. The van der Waals surface area contributed by atoms with Gasteiger partial charge in [0.15, 0.2) is 0 Å². The minimum atomic E-state index is 0.0128. The number of carbonyl (C=O) groups is 1. The van der Waals surface area contributed by atoms with Crippen molar-refractivity contribution in [1.82, 2.24) is 0 Å². The molecule has 2 atom stereocenters. The summed E-state index contributed by atoms with van der Waals surface area (Å²) in [7, 11) is 0. The number of hydrogen-bond donors (Lipinski definition) is 0. The maximum Gasteiger partial charge on any atom is 0.240 e. The van der Waals surface area contributed by atoms with Gasteiger partial charge in [0.05, 0.1) is 10.9 Å². The highest BCUT2D eigenvalue weighted by Gasteiger charge is 2.33. The predicted molar refractivity (Wildman–Crippen MR) is 98.5 cm³/mol. The number of benzene rings is 2. The van der Waals surface area contributed by atoms with E-state index in [1.165, 1.54) is 15.4 Å². The Kier molecular flexibility index (Phi) is 4.12. The van der Waals surface area contributed by atoms with E-state index in [9.17, 15) is 4.79 Å². The van der Waals surface area contributed by atoms with Gasteiger partial charge in [-0.3, -0.25) is 4.79 Å². The van der Waals surface area contributed by atoms with E-state index in [0.717, 1.165) is 25.1 Å². The zero-order chi connectivity index (χ0) is 15.8. The van der Waals surface area contributed by atoms with E-state index >= 15 is 0 Å². The molecule has 0 spiro atoms. The summed E-state index contributed by atoms with van der Waals surface area (Å²) in [5.74, 6) is 0.258. The van der Waals surface area contributed by atoms with Crippen LogP contribution in [-0.2, 0) is 11.2 Å². The Labute approximate surface area is 145 Å². The predicted octanol–water partition coefficient (Wildman–Crippen LogP) is 4.62. The fourth-order valence-corrected chi connectivity index (χ4v) is 5.58. The molecule has 0 fully saturated rings. The third-order valence-corrected chi connectivity index (χ3v) is 6.97. The fraction of sp³-hybridized carbons (Fsp3) is 0.316. The number of rotatable bonds is 1. The lowest BCUT2D eigenvalue weighted by Gasteiger charge is -2.25. The van der Waals surface area contributed by atoms with E-state index in [4.69, 9.17) is 0 Å². The Bertz CT molecular complexity index is 721. The van der Waals surface area contributed by atoms with Crippen molar-refractivity contribution in [3.8, 4) is 0 Å². The van der Waals surface area contributed by atoms with Crippen LogP contribution < -0.4 is 4.90 Å². The van der Waals surface area contributed by atoms with Crippen LogP contribution in [0.3, 0.4) is 0 Å². The summed E-state index contributed by atoms with van der Waals surface area (Å²) in [6, 6.07) is 16.7. The molecule has 1 amide bonds. The first kappa shape index (κ1) is 15.2. The van der Waals surface area contributed by atoms with Gasteiger partial charge >= 0.3 is 0 Å². The van der Waals surface area contributed by atoms with Crippen LogP contribution >= 0.6 is 23.5 Å². The average Bonchev–Trinajstić information content (AvgIpc) is 2.92. The molecule has 2 unspecified atom stereocenters. The van der Waals surface area contributed by atoms with E-state index in [1.54, 1.807) is 11.8 Å². The van der Waals surface area contributed by atoms with Crippen LogP contribution in [0.5, 0.6) is 0 Å². The lowest BCUT2D eigenvalue weighted by Crippen LogP contribution is -2.38. The maximum atomic E-state index is 13.2. The topological polar surface area (TPSA) is 20.3 Å². The zero-order valence-electron chi connectivity index (χ0n) is 13.1. The summed E-state index contributed by atoms with van der Waals surface area (Å²) >= 11 is 3.61. The summed E-state index contributed by atoms with van der Waals surface area (Å²) < 4.78 is 0. The van der Waals surface area contributed by atoms with Gasteiger partial charge in [-0.05, 0) is 36.6 Å². The van der Waals surface area contributed by atoms with E-state index in [-0.39, 0.29) is 11.2 Å². The Morgan fingerprint density at radius 2 is 1.78 bits per heavy atom. The molecule has 4 heteroatoms. The molecule has 0 aliphatic carbocycles. The number of fused-ring (bicyclic) bond motifs is 2. The number of thioether (sulfide) groups is 2. The number of anilines is 1. The molecule has 0 radical (unpaired) electrons. The van der Waals surface area contributed by atoms with E-state index in [2.05, 4.69) is 49.4 Å². The molecular weight excluding hydrogens is 322 g/mol. The van der Waals surface area contributed by atoms with E-state index in [1.807, 2.05) is 22.7 Å². The van der Waals surface area contributed by atoms with Gasteiger partial charge in [0.2, 0.25) is 5.91 Å². The minimum absolute atomic E-state index is 0.0128. The molecule has 2 aromatic rings. The number of carbonyl (C=O) groups excluding carboxylic acids is 1. The summed E-state index contributed by atoms with van der Waals surface area (Å²) in [5.41, 5.74) is 2.39. The van der Waals surface area contributed by atoms with Crippen molar-refractivity contribution >= 4 is 35.1 Å². The van der Waals surface area contributed by atoms with Crippen LogP contribution in [-0.4, -0.2) is 23.0 Å². The largest absolute Gasteiger partial charge is 0.310 e. The van der Waals surface area contributed by atoms with Crippen LogP contribution in [0.4, 0.5) is 5.69 Å². The Morgan fingerprint density at radius 3 is 2.61 bits per heavy atom. The quantitative estimate of drug-likeness (QED) is 0.755. The van der Waals surface area contributed by atoms with Gasteiger partial charge < -0.3 is 4.90 Å². The van der Waals surface area contributed by atoms with Crippen LogP contribution in [0.1, 0.15) is 18.9 Å². The van der Waals surface area contributed by atoms with Crippen molar-refractivity contribution in [3.63, 3.8) is 0 Å². The smallest absolute Gasteiger partial charge is 0.240 e. The average molecular weight is 342 g/mol. The highest BCUT2D eigenvalue weighted by Crippen LogP contribution is 2.41. The molecule has 0 bridgehead atoms. The SMILES string of the molecule is CC1CCN(C(=O)C2Cc3ccccc3S2)c2ccccc2S1. The van der Waals surface area contributed by atoms with Crippen molar-refractivity contribution in [3.05, 3.63) is 54.1 Å². The normalized spacial score (nSPS) is 23.1. The third-order valence-electron chi connectivity index (χ3n) is 4.43. The van der Waals surface area contributed by atoms with Crippen LogP contribution in [0.2, 0.25) is 0 Å². The molecule has 2 aliphatic rings. The molecule has 0 aromatic heterocycles. The van der Waals surface area contributed by atoms with E-state index < -0.39 is 0 Å². The number of para-hydroxylation sites is 1. The van der Waals surface area contributed by atoms with Gasteiger partial charge in [-0.1, -0.05) is 37.3 Å². The lowest BCUT2D eigenvalue weighted by atomic mass is 10.1. The first-order chi connectivity index (χ1) is 11.2. The van der Waals surface area contributed by atoms with Crippen LogP contribution in [0, 0.1) is 0 Å². The second-order valence-electron chi connectivity index (χ2n) is 6.09. The molecule has 118 valence electrons. The molecule has 2 aliphatic heterocycles. The summed E-state index contributed by atoms with van der Waals surface area (Å²) in [5, 5.41) is 0.557. The molecule has 4 rings (SSSR count). The molecule has 0 saturated heterocycles. The first-order valence-electron chi connectivity index (χ1n) is 8.04. The minimum Gasteiger partial charge on any atom is -0.310 e. The molecule has 2 nitrogen and oxygen atoms in total. The van der Waals surface area contributed by atoms with Gasteiger partial charge in [-0.15, -0.1) is 23.5 Å². The van der Waals surface area contributed by atoms with Crippen molar-refractivity contribution in [2.45, 2.75) is 40.1 Å². The molecule has 23 heavy (non-hydrogen) atoms. The third kappa shape index (κ3) is 2.90. The van der Waals surface area contributed by atoms with Gasteiger partial charge in [0.25, 0.3) is 0 Å². The molecule has 2 aromatic carbocycles. The number of nitrogens with zero attached hydrogens (tertiary/aromatic N) is 1. The van der Waals surface area contributed by atoms with Gasteiger partial charge in [-0.25, -0.2) is 0 Å². The maximum absolute atomic E-state index is 13.2. The lowest BCUT2D eigenvalue weighted by molar-refractivity contribution is -0.118. The summed E-state index contributed by atoms with van der Waals surface area (Å²) in [4.78, 5) is 17.7. The Morgan fingerprint density at radius 1 is 1.04 bits per heavy atom. The second kappa shape index (κ2) is 6.25. The summed E-state index contributed by atoms with van der Waals surface area (Å²) in [6.45, 7) is 3.06. The Balaban J connectivity index is 1.62. The number of hydrogen-bond acceptors (Lipinski definition) is 3.